The molecule has 1 aromatic rings. The van der Waals surface area contributed by atoms with Crippen LogP contribution in [0.1, 0.15) is 55.3 Å². The Labute approximate surface area is 109 Å². The van der Waals surface area contributed by atoms with Gasteiger partial charge in [0.15, 0.2) is 5.78 Å². The van der Waals surface area contributed by atoms with Crippen LogP contribution < -0.4 is 0 Å². The van der Waals surface area contributed by atoms with E-state index >= 15 is 0 Å². The fourth-order valence-electron chi connectivity index (χ4n) is 3.86. The van der Waals surface area contributed by atoms with Crippen molar-refractivity contribution in [1.82, 2.24) is 4.98 Å². The number of carbonyl (C=O) groups is 1. The molecular weight excluding hydrogens is 222 g/mol. The van der Waals surface area contributed by atoms with E-state index in [2.05, 4.69) is 4.98 Å². The number of nitrogens with zero attached hydrogens (tertiary/aromatic N) is 1. The number of Topliss-reactive ketones (excluding diaryl/α,β-unsaturated/α-hetero) is 1. The van der Waals surface area contributed by atoms with Crippen LogP contribution in [0.5, 0.6) is 0 Å². The van der Waals surface area contributed by atoms with Crippen LogP contribution in [-0.2, 0) is 0 Å². The van der Waals surface area contributed by atoms with Crippen molar-refractivity contribution in [2.24, 2.45) is 17.8 Å². The molecule has 0 aromatic carbocycles. The van der Waals surface area contributed by atoms with E-state index in [4.69, 9.17) is 0 Å². The monoisotopic (exact) mass is 243 g/mol. The average Bonchev–Trinajstić information content (AvgIpc) is 2.47. The van der Waals surface area contributed by atoms with E-state index in [1.165, 1.54) is 32.1 Å². The first-order valence-corrected chi connectivity index (χ1v) is 7.29. The maximum absolute atomic E-state index is 12.4. The highest BCUT2D eigenvalue weighted by Gasteiger charge is 2.35. The van der Waals surface area contributed by atoms with Crippen molar-refractivity contribution in [2.75, 3.05) is 0 Å². The first-order valence-electron chi connectivity index (χ1n) is 7.29. The lowest BCUT2D eigenvalue weighted by molar-refractivity contribution is 0.0763. The van der Waals surface area contributed by atoms with Crippen molar-refractivity contribution in [3.63, 3.8) is 0 Å². The number of hydrogen-bond acceptors (Lipinski definition) is 2. The predicted octanol–water partition coefficient (Wildman–Crippen LogP) is 3.87. The van der Waals surface area contributed by atoms with Gasteiger partial charge in [0, 0.05) is 23.9 Å². The van der Waals surface area contributed by atoms with Crippen molar-refractivity contribution in [3.05, 3.63) is 30.1 Å². The number of aromatic nitrogens is 1. The molecule has 2 aliphatic rings. The fraction of sp³-hybridized carbons (Fsp3) is 0.625. The van der Waals surface area contributed by atoms with Gasteiger partial charge in [0.05, 0.1) is 0 Å². The minimum atomic E-state index is 0.258. The number of ketones is 1. The summed E-state index contributed by atoms with van der Waals surface area (Å²) in [6, 6.07) is 3.77. The Morgan fingerprint density at radius 2 is 1.94 bits per heavy atom. The minimum absolute atomic E-state index is 0.258. The third-order valence-electron chi connectivity index (χ3n) is 4.86. The standard InChI is InChI=1S/C16H21NO/c18-16(15-6-3-9-17-11-15)14-8-7-12-4-1-2-5-13(12)10-14/h3,6,9,11-14H,1-2,4-5,7-8,10H2. The summed E-state index contributed by atoms with van der Waals surface area (Å²) < 4.78 is 0. The third-order valence-corrected chi connectivity index (χ3v) is 4.86. The van der Waals surface area contributed by atoms with Gasteiger partial charge in [0.1, 0.15) is 0 Å². The zero-order valence-corrected chi connectivity index (χ0v) is 10.8. The molecule has 2 aliphatic carbocycles. The fourth-order valence-corrected chi connectivity index (χ4v) is 3.86. The molecule has 0 bridgehead atoms. The Hall–Kier alpha value is -1.18. The largest absolute Gasteiger partial charge is 0.294 e. The first kappa shape index (κ1) is 11.9. The van der Waals surface area contributed by atoms with Crippen molar-refractivity contribution < 1.29 is 4.79 Å². The summed E-state index contributed by atoms with van der Waals surface area (Å²) in [4.78, 5) is 16.5. The van der Waals surface area contributed by atoms with Gasteiger partial charge in [0.25, 0.3) is 0 Å². The molecule has 2 heteroatoms. The summed E-state index contributed by atoms with van der Waals surface area (Å²) in [6.45, 7) is 0. The Morgan fingerprint density at radius 1 is 1.11 bits per heavy atom. The zero-order valence-electron chi connectivity index (χ0n) is 10.8. The summed E-state index contributed by atoms with van der Waals surface area (Å²) in [7, 11) is 0. The predicted molar refractivity (Wildman–Crippen MR) is 71.4 cm³/mol. The van der Waals surface area contributed by atoms with Gasteiger partial charge in [-0.1, -0.05) is 25.7 Å². The van der Waals surface area contributed by atoms with Crippen molar-refractivity contribution >= 4 is 5.78 Å². The summed E-state index contributed by atoms with van der Waals surface area (Å²) in [5, 5.41) is 0. The molecule has 96 valence electrons. The Bertz CT molecular complexity index is 414. The highest BCUT2D eigenvalue weighted by Crippen LogP contribution is 2.43. The second kappa shape index (κ2) is 5.21. The van der Waals surface area contributed by atoms with Crippen LogP contribution >= 0.6 is 0 Å². The molecule has 1 heterocycles. The Morgan fingerprint density at radius 3 is 2.72 bits per heavy atom. The molecule has 18 heavy (non-hydrogen) atoms. The van der Waals surface area contributed by atoms with Crippen LogP contribution in [-0.4, -0.2) is 10.8 Å². The number of rotatable bonds is 2. The molecule has 3 atom stereocenters. The van der Waals surface area contributed by atoms with Crippen LogP contribution in [0.4, 0.5) is 0 Å². The Balaban J connectivity index is 1.69. The second-order valence-electron chi connectivity index (χ2n) is 5.92. The molecule has 0 radical (unpaired) electrons. The van der Waals surface area contributed by atoms with E-state index in [1.54, 1.807) is 12.4 Å². The zero-order chi connectivity index (χ0) is 12.4. The lowest BCUT2D eigenvalue weighted by atomic mass is 9.66. The van der Waals surface area contributed by atoms with E-state index in [9.17, 15) is 4.79 Å². The SMILES string of the molecule is O=C(c1cccnc1)C1CCC2CCCCC2C1. The number of fused-ring (bicyclic) bond motifs is 1. The topological polar surface area (TPSA) is 30.0 Å². The first-order chi connectivity index (χ1) is 8.84. The van der Waals surface area contributed by atoms with Gasteiger partial charge >= 0.3 is 0 Å². The maximum atomic E-state index is 12.4. The minimum Gasteiger partial charge on any atom is -0.294 e. The van der Waals surface area contributed by atoms with E-state index < -0.39 is 0 Å². The molecule has 0 aliphatic heterocycles. The van der Waals surface area contributed by atoms with Crippen LogP contribution in [0.15, 0.2) is 24.5 Å². The maximum Gasteiger partial charge on any atom is 0.167 e. The van der Waals surface area contributed by atoms with Crippen LogP contribution in [0.2, 0.25) is 0 Å². The highest BCUT2D eigenvalue weighted by atomic mass is 16.1. The summed E-state index contributed by atoms with van der Waals surface area (Å²) in [5.74, 6) is 2.32. The summed E-state index contributed by atoms with van der Waals surface area (Å²) in [5.41, 5.74) is 0.803. The molecule has 0 spiro atoms. The molecule has 2 nitrogen and oxygen atoms in total. The summed E-state index contributed by atoms with van der Waals surface area (Å²) >= 11 is 0. The molecule has 0 N–H and O–H groups in total. The van der Waals surface area contributed by atoms with Crippen molar-refractivity contribution in [3.8, 4) is 0 Å². The molecule has 2 fully saturated rings. The van der Waals surface area contributed by atoms with Crippen molar-refractivity contribution in [2.45, 2.75) is 44.9 Å². The molecule has 0 amide bonds. The third kappa shape index (κ3) is 2.33. The highest BCUT2D eigenvalue weighted by molar-refractivity contribution is 5.97. The molecule has 0 saturated heterocycles. The average molecular weight is 243 g/mol. The number of pyridine rings is 1. The van der Waals surface area contributed by atoms with Gasteiger partial charge in [-0.15, -0.1) is 0 Å². The second-order valence-corrected chi connectivity index (χ2v) is 5.92. The smallest absolute Gasteiger partial charge is 0.167 e. The Kier molecular flexibility index (Phi) is 3.44. The number of carbonyl (C=O) groups excluding carboxylic acids is 1. The van der Waals surface area contributed by atoms with E-state index in [0.29, 0.717) is 5.78 Å². The summed E-state index contributed by atoms with van der Waals surface area (Å²) in [6.07, 6.45) is 12.5. The van der Waals surface area contributed by atoms with E-state index in [-0.39, 0.29) is 5.92 Å². The van der Waals surface area contributed by atoms with Gasteiger partial charge in [0.2, 0.25) is 0 Å². The van der Waals surface area contributed by atoms with Gasteiger partial charge in [-0.05, 0) is 43.2 Å². The van der Waals surface area contributed by atoms with Gasteiger partial charge in [-0.25, -0.2) is 0 Å². The quantitative estimate of drug-likeness (QED) is 0.738. The molecular formula is C16H21NO. The lowest BCUT2D eigenvalue weighted by Crippen LogP contribution is -2.31. The number of hydrogen-bond donors (Lipinski definition) is 0. The molecule has 3 unspecified atom stereocenters. The van der Waals surface area contributed by atoms with Gasteiger partial charge in [-0.3, -0.25) is 9.78 Å². The van der Waals surface area contributed by atoms with Gasteiger partial charge < -0.3 is 0 Å². The van der Waals surface area contributed by atoms with Crippen LogP contribution in [0.3, 0.4) is 0 Å². The van der Waals surface area contributed by atoms with E-state index in [1.807, 2.05) is 12.1 Å². The van der Waals surface area contributed by atoms with Crippen LogP contribution in [0.25, 0.3) is 0 Å². The van der Waals surface area contributed by atoms with E-state index in [0.717, 1.165) is 30.2 Å². The lowest BCUT2D eigenvalue weighted by Gasteiger charge is -2.38. The normalized spacial score (nSPS) is 31.7. The molecule has 3 rings (SSSR count). The van der Waals surface area contributed by atoms with Crippen molar-refractivity contribution in [1.29, 1.82) is 0 Å². The molecule has 1 aromatic heterocycles. The van der Waals surface area contributed by atoms with Crippen LogP contribution in [0, 0.1) is 17.8 Å². The molecule has 2 saturated carbocycles. The van der Waals surface area contributed by atoms with Gasteiger partial charge in [-0.2, -0.15) is 0 Å².